The number of fused-ring (bicyclic) bond motifs is 6. The lowest BCUT2D eigenvalue weighted by molar-refractivity contribution is -0.331. The van der Waals surface area contributed by atoms with Crippen molar-refractivity contribution in [2.75, 3.05) is 26.4 Å². The Hall–Kier alpha value is -5.23. The topological polar surface area (TPSA) is 122 Å². The SMILES string of the molecule is FC1OC2COCc3ccccc3COC([C@@H]1OCc1ccccc1)[C@H]2OCc1ccccc1.OCC1CCCCC1.c1ccc(CO[C@H]2C3COCc4ccccc4COC2[C@H](OCc2ccccc2)[C@H](OCC2CCCCC2)O3)cc1. The van der Waals surface area contributed by atoms with E-state index < -0.39 is 55.4 Å². The van der Waals surface area contributed by atoms with Crippen molar-refractivity contribution in [1.82, 2.24) is 0 Å². The van der Waals surface area contributed by atoms with E-state index in [0.29, 0.717) is 77.9 Å². The highest BCUT2D eigenvalue weighted by atomic mass is 19.1. The summed E-state index contributed by atoms with van der Waals surface area (Å²) in [7, 11) is 0. The van der Waals surface area contributed by atoms with Gasteiger partial charge >= 0.3 is 0 Å². The first kappa shape index (κ1) is 60.9. The maximum absolute atomic E-state index is 15.3. The summed E-state index contributed by atoms with van der Waals surface area (Å²) < 4.78 is 85.3. The molecule has 4 heterocycles. The van der Waals surface area contributed by atoms with Gasteiger partial charge in [-0.15, -0.1) is 0 Å². The van der Waals surface area contributed by atoms with E-state index in [1.54, 1.807) is 0 Å². The van der Waals surface area contributed by atoms with Gasteiger partial charge in [-0.05, 0) is 82.0 Å². The highest BCUT2D eigenvalue weighted by molar-refractivity contribution is 5.27. The number of benzene rings is 6. The third-order valence-electron chi connectivity index (χ3n) is 16.7. The van der Waals surface area contributed by atoms with Crippen LogP contribution in [0.3, 0.4) is 0 Å². The second-order valence-electron chi connectivity index (χ2n) is 22.8. The molecular weight excluding hydrogens is 1050 g/mol. The molecule has 444 valence electrons. The van der Waals surface area contributed by atoms with E-state index in [9.17, 15) is 0 Å². The zero-order valence-electron chi connectivity index (χ0n) is 48.0. The molecule has 0 radical (unpaired) electrons. The van der Waals surface area contributed by atoms with Gasteiger partial charge in [-0.3, -0.25) is 0 Å². The quantitative estimate of drug-likeness (QED) is 0.0993. The molecule has 2 saturated carbocycles. The average Bonchev–Trinajstić information content (AvgIpc) is 3.66. The molecule has 6 aliphatic rings. The van der Waals surface area contributed by atoms with Crippen LogP contribution >= 0.6 is 0 Å². The van der Waals surface area contributed by atoms with Crippen LogP contribution in [-0.4, -0.2) is 93.0 Å². The molecule has 2 saturated heterocycles. The van der Waals surface area contributed by atoms with Crippen LogP contribution in [0.15, 0.2) is 170 Å². The number of aliphatic hydroxyl groups is 1. The first-order valence-corrected chi connectivity index (χ1v) is 30.4. The van der Waals surface area contributed by atoms with E-state index in [1.807, 2.05) is 133 Å². The molecule has 12 nitrogen and oxygen atoms in total. The van der Waals surface area contributed by atoms with Gasteiger partial charge < -0.3 is 57.2 Å². The second-order valence-corrected chi connectivity index (χ2v) is 22.8. The first-order valence-electron chi connectivity index (χ1n) is 30.4. The fourth-order valence-corrected chi connectivity index (χ4v) is 11.9. The number of alkyl halides is 1. The first-order chi connectivity index (χ1) is 41.0. The lowest BCUT2D eigenvalue weighted by atomic mass is 9.90. The monoisotopic (exact) mass is 1140 g/mol. The maximum Gasteiger partial charge on any atom is 0.228 e. The van der Waals surface area contributed by atoms with Crippen LogP contribution in [0.4, 0.5) is 4.39 Å². The van der Waals surface area contributed by atoms with E-state index in [0.717, 1.165) is 44.5 Å². The van der Waals surface area contributed by atoms with Gasteiger partial charge in [0, 0.05) is 6.61 Å². The summed E-state index contributed by atoms with van der Waals surface area (Å²) in [5, 5.41) is 8.69. The minimum absolute atomic E-state index is 0.194. The van der Waals surface area contributed by atoms with E-state index in [4.69, 9.17) is 57.2 Å². The van der Waals surface area contributed by atoms with Crippen molar-refractivity contribution in [3.05, 3.63) is 214 Å². The van der Waals surface area contributed by atoms with Gasteiger partial charge in [0.1, 0.15) is 48.8 Å². The van der Waals surface area contributed by atoms with Crippen LogP contribution in [0.2, 0.25) is 0 Å². The molecule has 13 heteroatoms. The highest BCUT2D eigenvalue weighted by Gasteiger charge is 2.51. The van der Waals surface area contributed by atoms with Crippen molar-refractivity contribution in [1.29, 1.82) is 0 Å². The minimum atomic E-state index is -1.66. The van der Waals surface area contributed by atoms with Crippen molar-refractivity contribution in [2.24, 2.45) is 11.8 Å². The van der Waals surface area contributed by atoms with Gasteiger partial charge in [-0.25, -0.2) is 4.39 Å². The predicted octanol–water partition coefficient (Wildman–Crippen LogP) is 13.1. The van der Waals surface area contributed by atoms with Gasteiger partial charge in [0.05, 0.1) is 72.7 Å². The van der Waals surface area contributed by atoms with Gasteiger partial charge in [0.25, 0.3) is 0 Å². The van der Waals surface area contributed by atoms with Crippen molar-refractivity contribution >= 4 is 0 Å². The van der Waals surface area contributed by atoms with Crippen LogP contribution < -0.4 is 0 Å². The Morgan fingerprint density at radius 3 is 1.17 bits per heavy atom. The molecule has 0 spiro atoms. The standard InChI is InChI=1S/C35H42O6.C28H29FO5.C7H14O/c1-4-12-26(13-5-1)20-37-32-31-25-36-23-29-18-10-11-19-30(29)24-39-33(32)34(38-21-27-14-6-2-7-15-27)35(41-31)40-22-28-16-8-3-9-17-28;29-28-27(32-16-21-11-5-2-6-12-21)26-25(31-15-20-9-3-1-4-10-20)24(34-28)19-30-17-22-13-7-8-14-23(22)18-33-26;8-6-7-4-2-1-3-5-7/h1-2,4-7,10-15,18-19,28,31-35H,3,8-9,16-17,20-25H2;1-14,24-28H,15-19H2;7-8H,1-6H2/t31?,32-,33?,34-,35+;24?,25-,26?,27-,28?;/m00./s1. The van der Waals surface area contributed by atoms with Gasteiger partial charge in [-0.2, -0.15) is 0 Å². The third kappa shape index (κ3) is 18.2. The predicted molar refractivity (Wildman–Crippen MR) is 314 cm³/mol. The molecule has 10 atom stereocenters. The summed E-state index contributed by atoms with van der Waals surface area (Å²) in [6.45, 7) is 4.76. The lowest BCUT2D eigenvalue weighted by Crippen LogP contribution is -2.62. The minimum Gasteiger partial charge on any atom is -0.396 e. The molecule has 4 bridgehead atoms. The van der Waals surface area contributed by atoms with Crippen molar-refractivity contribution in [3.8, 4) is 0 Å². The Bertz CT molecular complexity index is 2730. The smallest absolute Gasteiger partial charge is 0.228 e. The molecule has 6 aromatic carbocycles. The molecule has 0 amide bonds. The molecule has 4 fully saturated rings. The summed E-state index contributed by atoms with van der Waals surface area (Å²) in [5.74, 6) is 1.19. The molecular formula is C70H85FO12. The molecule has 83 heavy (non-hydrogen) atoms. The molecule has 0 aromatic heterocycles. The van der Waals surface area contributed by atoms with E-state index >= 15 is 4.39 Å². The summed E-state index contributed by atoms with van der Waals surface area (Å²) in [4.78, 5) is 0. The summed E-state index contributed by atoms with van der Waals surface area (Å²) >= 11 is 0. The summed E-state index contributed by atoms with van der Waals surface area (Å²) in [6.07, 6.45) is 6.18. The molecule has 1 N–H and O–H groups in total. The molecule has 12 rings (SSSR count). The van der Waals surface area contributed by atoms with Crippen molar-refractivity contribution < 1.29 is 61.6 Å². The van der Waals surface area contributed by atoms with E-state index in [-0.39, 0.29) is 19.3 Å². The highest BCUT2D eigenvalue weighted by Crippen LogP contribution is 2.36. The van der Waals surface area contributed by atoms with Crippen LogP contribution in [-0.2, 0) is 105 Å². The molecule has 2 aliphatic carbocycles. The second kappa shape index (κ2) is 32.9. The molecule has 5 unspecified atom stereocenters. The van der Waals surface area contributed by atoms with E-state index in [1.165, 1.54) is 64.2 Å². The number of hydrogen-bond acceptors (Lipinski definition) is 12. The Kier molecular flexibility index (Phi) is 24.1. The van der Waals surface area contributed by atoms with Crippen molar-refractivity contribution in [2.45, 2.75) is 179 Å². The lowest BCUT2D eigenvalue weighted by Gasteiger charge is -2.46. The number of rotatable bonds is 16. The molecule has 6 aromatic rings. The average molecular weight is 1140 g/mol. The summed E-state index contributed by atoms with van der Waals surface area (Å²) in [6, 6.07) is 56.2. The number of halogens is 1. The normalized spacial score (nSPS) is 26.8. The Balaban J connectivity index is 0.000000165. The van der Waals surface area contributed by atoms with Crippen molar-refractivity contribution in [3.63, 3.8) is 0 Å². The van der Waals surface area contributed by atoms with E-state index in [2.05, 4.69) is 36.4 Å². The van der Waals surface area contributed by atoms with Gasteiger partial charge in [-0.1, -0.05) is 208 Å². The van der Waals surface area contributed by atoms with Gasteiger partial charge in [0.15, 0.2) is 6.29 Å². The van der Waals surface area contributed by atoms with Gasteiger partial charge in [0.2, 0.25) is 6.36 Å². The molecule has 4 aliphatic heterocycles. The zero-order valence-corrected chi connectivity index (χ0v) is 48.0. The summed E-state index contributed by atoms with van der Waals surface area (Å²) in [5.41, 5.74) is 8.45. The third-order valence-corrected chi connectivity index (χ3v) is 16.7. The Labute approximate surface area is 490 Å². The number of hydrogen-bond donors (Lipinski definition) is 1. The zero-order chi connectivity index (χ0) is 56.7. The Morgan fingerprint density at radius 1 is 0.386 bits per heavy atom. The fourth-order valence-electron chi connectivity index (χ4n) is 11.9. The maximum atomic E-state index is 15.3. The number of aliphatic hydroxyl groups excluding tert-OH is 1. The number of ether oxygens (including phenoxy) is 11. The van der Waals surface area contributed by atoms with Crippen LogP contribution in [0.1, 0.15) is 109 Å². The fraction of sp³-hybridized carbons (Fsp3) is 0.486. The Morgan fingerprint density at radius 2 is 0.747 bits per heavy atom. The largest absolute Gasteiger partial charge is 0.396 e. The van der Waals surface area contributed by atoms with Crippen LogP contribution in [0.5, 0.6) is 0 Å². The van der Waals surface area contributed by atoms with Crippen LogP contribution in [0, 0.1) is 11.8 Å². The van der Waals surface area contributed by atoms with Crippen LogP contribution in [0.25, 0.3) is 0 Å².